The van der Waals surface area contributed by atoms with Crippen molar-refractivity contribution in [2.24, 2.45) is 0 Å². The SMILES string of the molecule is Cc1cc(S(=O)(=O)Nc2nccs2)cc(N)c1Cl. The number of nitrogens with one attached hydrogen (secondary N) is 1. The molecule has 0 fully saturated rings. The lowest BCUT2D eigenvalue weighted by Crippen LogP contribution is -2.13. The number of halogens is 1. The van der Waals surface area contributed by atoms with Crippen LogP contribution in [0.15, 0.2) is 28.6 Å². The summed E-state index contributed by atoms with van der Waals surface area (Å²) in [5.41, 5.74) is 6.49. The molecule has 2 rings (SSSR count). The number of thiazole rings is 1. The average molecular weight is 304 g/mol. The monoisotopic (exact) mass is 303 g/mol. The minimum Gasteiger partial charge on any atom is -0.397 e. The van der Waals surface area contributed by atoms with Gasteiger partial charge >= 0.3 is 0 Å². The number of nitrogens with two attached hydrogens (primary N) is 1. The molecule has 3 N–H and O–H groups in total. The molecule has 1 aromatic heterocycles. The van der Waals surface area contributed by atoms with Gasteiger partial charge in [0.2, 0.25) is 0 Å². The lowest BCUT2D eigenvalue weighted by atomic mass is 10.2. The number of aryl methyl sites for hydroxylation is 1. The molecule has 2 aromatic rings. The van der Waals surface area contributed by atoms with Crippen molar-refractivity contribution in [3.05, 3.63) is 34.3 Å². The first-order valence-corrected chi connectivity index (χ1v) is 7.62. The first-order chi connectivity index (χ1) is 8.40. The van der Waals surface area contributed by atoms with Gasteiger partial charge in [-0.25, -0.2) is 13.4 Å². The highest BCUT2D eigenvalue weighted by Crippen LogP contribution is 2.28. The molecule has 5 nitrogen and oxygen atoms in total. The van der Waals surface area contributed by atoms with Crippen molar-refractivity contribution < 1.29 is 8.42 Å². The molecular weight excluding hydrogens is 294 g/mol. The zero-order valence-electron chi connectivity index (χ0n) is 9.34. The molecular formula is C10H10ClN3O2S2. The van der Waals surface area contributed by atoms with Crippen LogP contribution in [-0.2, 0) is 10.0 Å². The summed E-state index contributed by atoms with van der Waals surface area (Å²) in [6.07, 6.45) is 1.52. The predicted octanol–water partition coefficient (Wildman–Crippen LogP) is 2.49. The summed E-state index contributed by atoms with van der Waals surface area (Å²) in [5, 5.41) is 2.35. The Labute approximate surface area is 114 Å². The van der Waals surface area contributed by atoms with E-state index in [4.69, 9.17) is 17.3 Å². The second-order valence-electron chi connectivity index (χ2n) is 3.59. The van der Waals surface area contributed by atoms with Crippen LogP contribution in [0.1, 0.15) is 5.56 Å². The highest BCUT2D eigenvalue weighted by Gasteiger charge is 2.17. The van der Waals surface area contributed by atoms with Gasteiger partial charge in [0.25, 0.3) is 10.0 Å². The molecule has 1 aromatic carbocycles. The lowest BCUT2D eigenvalue weighted by Gasteiger charge is -2.09. The molecule has 0 saturated carbocycles. The van der Waals surface area contributed by atoms with Gasteiger partial charge in [-0.2, -0.15) is 0 Å². The molecule has 0 bridgehead atoms. The van der Waals surface area contributed by atoms with E-state index in [1.54, 1.807) is 12.3 Å². The normalized spacial score (nSPS) is 11.4. The molecule has 0 spiro atoms. The highest BCUT2D eigenvalue weighted by molar-refractivity contribution is 7.93. The summed E-state index contributed by atoms with van der Waals surface area (Å²) < 4.78 is 26.5. The van der Waals surface area contributed by atoms with E-state index in [-0.39, 0.29) is 10.6 Å². The van der Waals surface area contributed by atoms with Gasteiger partial charge in [0, 0.05) is 11.6 Å². The second-order valence-corrected chi connectivity index (χ2v) is 6.54. The quantitative estimate of drug-likeness (QED) is 0.853. The van der Waals surface area contributed by atoms with Crippen molar-refractivity contribution >= 4 is 43.8 Å². The van der Waals surface area contributed by atoms with Crippen LogP contribution in [-0.4, -0.2) is 13.4 Å². The van der Waals surface area contributed by atoms with E-state index >= 15 is 0 Å². The maximum atomic E-state index is 12.1. The number of hydrogen-bond donors (Lipinski definition) is 2. The van der Waals surface area contributed by atoms with Gasteiger partial charge in [-0.3, -0.25) is 4.72 Å². The molecule has 8 heteroatoms. The van der Waals surface area contributed by atoms with E-state index < -0.39 is 10.0 Å². The van der Waals surface area contributed by atoms with Crippen LogP contribution in [0, 0.1) is 6.92 Å². The van der Waals surface area contributed by atoms with Crippen LogP contribution < -0.4 is 10.5 Å². The molecule has 0 aliphatic rings. The third-order valence-corrected chi connectivity index (χ3v) is 4.87. The van der Waals surface area contributed by atoms with Crippen LogP contribution in [0.5, 0.6) is 0 Å². The van der Waals surface area contributed by atoms with Gasteiger partial charge in [-0.1, -0.05) is 11.6 Å². The van der Waals surface area contributed by atoms with E-state index in [2.05, 4.69) is 9.71 Å². The molecule has 0 unspecified atom stereocenters. The van der Waals surface area contributed by atoms with Gasteiger partial charge < -0.3 is 5.73 Å². The second kappa shape index (κ2) is 4.75. The van der Waals surface area contributed by atoms with Crippen molar-refractivity contribution in [3.8, 4) is 0 Å². The first kappa shape index (κ1) is 13.1. The fourth-order valence-electron chi connectivity index (χ4n) is 1.37. The Kier molecular flexibility index (Phi) is 3.47. The van der Waals surface area contributed by atoms with E-state index in [1.807, 2.05) is 0 Å². The molecule has 96 valence electrons. The Morgan fingerprint density at radius 3 is 2.72 bits per heavy atom. The standard InChI is InChI=1S/C10H10ClN3O2S2/c1-6-4-7(5-8(12)9(6)11)18(15,16)14-10-13-2-3-17-10/h2-5H,12H2,1H3,(H,13,14). The smallest absolute Gasteiger partial charge is 0.263 e. The fourth-order valence-corrected chi connectivity index (χ4v) is 3.38. The van der Waals surface area contributed by atoms with Crippen LogP contribution in [0.25, 0.3) is 0 Å². The summed E-state index contributed by atoms with van der Waals surface area (Å²) in [4.78, 5) is 3.93. The van der Waals surface area contributed by atoms with E-state index in [0.29, 0.717) is 15.7 Å². The van der Waals surface area contributed by atoms with Crippen LogP contribution in [0.4, 0.5) is 10.8 Å². The number of nitrogens with zero attached hydrogens (tertiary/aromatic N) is 1. The van der Waals surface area contributed by atoms with Gasteiger partial charge in [-0.15, -0.1) is 11.3 Å². The first-order valence-electron chi connectivity index (χ1n) is 4.88. The summed E-state index contributed by atoms with van der Waals surface area (Å²) >= 11 is 7.09. The number of aromatic nitrogens is 1. The zero-order valence-corrected chi connectivity index (χ0v) is 11.7. The number of rotatable bonds is 3. The third-order valence-electron chi connectivity index (χ3n) is 2.22. The van der Waals surface area contributed by atoms with E-state index in [9.17, 15) is 8.42 Å². The molecule has 1 heterocycles. The largest absolute Gasteiger partial charge is 0.397 e. The van der Waals surface area contributed by atoms with Crippen molar-refractivity contribution in [3.63, 3.8) is 0 Å². The number of hydrogen-bond acceptors (Lipinski definition) is 5. The van der Waals surface area contributed by atoms with Crippen molar-refractivity contribution in [1.82, 2.24) is 4.98 Å². The Balaban J connectivity index is 2.42. The van der Waals surface area contributed by atoms with Crippen molar-refractivity contribution in [2.45, 2.75) is 11.8 Å². The Morgan fingerprint density at radius 2 is 2.17 bits per heavy atom. The number of nitrogen functional groups attached to an aromatic ring is 1. The van der Waals surface area contributed by atoms with Gasteiger partial charge in [0.05, 0.1) is 15.6 Å². The molecule has 18 heavy (non-hydrogen) atoms. The molecule has 0 aliphatic carbocycles. The van der Waals surface area contributed by atoms with Crippen LogP contribution in [0.2, 0.25) is 5.02 Å². The van der Waals surface area contributed by atoms with E-state index in [0.717, 1.165) is 0 Å². The van der Waals surface area contributed by atoms with Crippen LogP contribution in [0.3, 0.4) is 0 Å². The van der Waals surface area contributed by atoms with Crippen molar-refractivity contribution in [2.75, 3.05) is 10.5 Å². The maximum Gasteiger partial charge on any atom is 0.263 e. The minimum atomic E-state index is -3.69. The molecule has 0 saturated heterocycles. The van der Waals surface area contributed by atoms with Crippen molar-refractivity contribution in [1.29, 1.82) is 0 Å². The summed E-state index contributed by atoms with van der Waals surface area (Å²) in [6, 6.07) is 2.79. The van der Waals surface area contributed by atoms with E-state index in [1.165, 1.54) is 29.7 Å². The number of sulfonamides is 1. The Morgan fingerprint density at radius 1 is 1.44 bits per heavy atom. The zero-order chi connectivity index (χ0) is 13.3. The Hall–Kier alpha value is -1.31. The predicted molar refractivity (Wildman–Crippen MR) is 73.5 cm³/mol. The summed E-state index contributed by atoms with van der Waals surface area (Å²) in [7, 11) is -3.69. The topological polar surface area (TPSA) is 85.1 Å². The number of benzene rings is 1. The summed E-state index contributed by atoms with van der Waals surface area (Å²) in [5.74, 6) is 0. The lowest BCUT2D eigenvalue weighted by molar-refractivity contribution is 0.601. The Bertz CT molecular complexity index is 645. The molecule has 0 amide bonds. The molecule has 0 radical (unpaired) electrons. The maximum absolute atomic E-state index is 12.1. The molecule has 0 atom stereocenters. The van der Waals surface area contributed by atoms with Crippen LogP contribution >= 0.6 is 22.9 Å². The summed E-state index contributed by atoms with van der Waals surface area (Å²) in [6.45, 7) is 1.70. The van der Waals surface area contributed by atoms with Gasteiger partial charge in [0.15, 0.2) is 5.13 Å². The molecule has 0 aliphatic heterocycles. The highest BCUT2D eigenvalue weighted by atomic mass is 35.5. The number of anilines is 2. The fraction of sp³-hybridized carbons (Fsp3) is 0.100. The average Bonchev–Trinajstić information content (AvgIpc) is 2.77. The minimum absolute atomic E-state index is 0.0668. The van der Waals surface area contributed by atoms with Gasteiger partial charge in [-0.05, 0) is 24.6 Å². The van der Waals surface area contributed by atoms with Gasteiger partial charge in [0.1, 0.15) is 0 Å². The third kappa shape index (κ3) is 2.58.